The van der Waals surface area contributed by atoms with Crippen LogP contribution in [-0.2, 0) is 13.6 Å². The molecule has 1 aromatic heterocycles. The summed E-state index contributed by atoms with van der Waals surface area (Å²) in [6, 6.07) is 4.44. The molecule has 1 heterocycles. The molecule has 0 bridgehead atoms. The molecule has 0 atom stereocenters. The van der Waals surface area contributed by atoms with Crippen LogP contribution in [0.3, 0.4) is 0 Å². The van der Waals surface area contributed by atoms with Crippen LogP contribution in [0.15, 0.2) is 12.1 Å². The molecule has 3 heteroatoms. The fourth-order valence-electron chi connectivity index (χ4n) is 2.78. The van der Waals surface area contributed by atoms with Crippen LogP contribution in [0.25, 0.3) is 11.3 Å². The van der Waals surface area contributed by atoms with Crippen molar-refractivity contribution in [3.63, 3.8) is 0 Å². The summed E-state index contributed by atoms with van der Waals surface area (Å²) >= 11 is 0. The first-order valence-corrected chi connectivity index (χ1v) is 6.26. The van der Waals surface area contributed by atoms with Gasteiger partial charge in [0.25, 0.3) is 0 Å². The van der Waals surface area contributed by atoms with Crippen molar-refractivity contribution >= 4 is 0 Å². The van der Waals surface area contributed by atoms with Gasteiger partial charge in [-0.25, -0.2) is 0 Å². The predicted octanol–water partition coefficient (Wildman–Crippen LogP) is 2.78. The molecular weight excluding hydrogens is 222 g/mol. The second-order valence-corrected chi connectivity index (χ2v) is 5.02. The zero-order chi connectivity index (χ0) is 13.4. The van der Waals surface area contributed by atoms with Gasteiger partial charge in [-0.3, -0.25) is 4.68 Å². The van der Waals surface area contributed by atoms with E-state index in [9.17, 15) is 0 Å². The van der Waals surface area contributed by atoms with Crippen LogP contribution in [0.1, 0.15) is 27.9 Å². The van der Waals surface area contributed by atoms with Crippen molar-refractivity contribution in [1.29, 1.82) is 0 Å². The highest BCUT2D eigenvalue weighted by Gasteiger charge is 2.16. The summed E-state index contributed by atoms with van der Waals surface area (Å²) < 4.78 is 1.95. The molecule has 0 aliphatic heterocycles. The number of nitrogens with two attached hydrogens (primary N) is 1. The first-order valence-electron chi connectivity index (χ1n) is 6.26. The second kappa shape index (κ2) is 4.58. The topological polar surface area (TPSA) is 43.8 Å². The molecule has 3 nitrogen and oxygen atoms in total. The maximum Gasteiger partial charge on any atom is 0.0795 e. The summed E-state index contributed by atoms with van der Waals surface area (Å²) in [5.74, 6) is 0. The lowest BCUT2D eigenvalue weighted by Gasteiger charge is -2.12. The quantitative estimate of drug-likeness (QED) is 0.881. The third-order valence-electron chi connectivity index (χ3n) is 3.49. The molecule has 0 amide bonds. The van der Waals surface area contributed by atoms with E-state index in [0.29, 0.717) is 6.54 Å². The lowest BCUT2D eigenvalue weighted by molar-refractivity contribution is 0.748. The average Bonchev–Trinajstić information content (AvgIpc) is 2.55. The van der Waals surface area contributed by atoms with Gasteiger partial charge in [-0.05, 0) is 44.4 Å². The van der Waals surface area contributed by atoms with Crippen molar-refractivity contribution in [2.75, 3.05) is 0 Å². The summed E-state index contributed by atoms with van der Waals surface area (Å²) in [6.07, 6.45) is 0. The Kier molecular flexibility index (Phi) is 3.26. The van der Waals surface area contributed by atoms with E-state index in [1.807, 2.05) is 11.7 Å². The third kappa shape index (κ3) is 1.95. The zero-order valence-electron chi connectivity index (χ0n) is 11.8. The maximum atomic E-state index is 5.74. The van der Waals surface area contributed by atoms with Crippen molar-refractivity contribution in [3.05, 3.63) is 40.1 Å². The van der Waals surface area contributed by atoms with E-state index >= 15 is 0 Å². The van der Waals surface area contributed by atoms with E-state index in [0.717, 1.165) is 5.69 Å². The van der Waals surface area contributed by atoms with Crippen LogP contribution in [0.4, 0.5) is 0 Å². The van der Waals surface area contributed by atoms with Crippen molar-refractivity contribution in [3.8, 4) is 11.3 Å². The monoisotopic (exact) mass is 243 g/mol. The second-order valence-electron chi connectivity index (χ2n) is 5.02. The maximum absolute atomic E-state index is 5.74. The molecule has 0 fully saturated rings. The molecule has 2 N–H and O–H groups in total. The van der Waals surface area contributed by atoms with Crippen LogP contribution < -0.4 is 5.73 Å². The van der Waals surface area contributed by atoms with Crippen LogP contribution >= 0.6 is 0 Å². The Hall–Kier alpha value is -1.61. The standard InChI is InChI=1S/C15H21N3/c1-9-6-10(2)14(11(3)7-9)15-12(4)13(8-16)17-18(15)5/h6-7H,8,16H2,1-5H3. The molecule has 2 aromatic rings. The summed E-state index contributed by atoms with van der Waals surface area (Å²) in [5, 5.41) is 4.50. The van der Waals surface area contributed by atoms with Gasteiger partial charge < -0.3 is 5.73 Å². The van der Waals surface area contributed by atoms with Crippen molar-refractivity contribution in [1.82, 2.24) is 9.78 Å². The Labute approximate surface area is 109 Å². The number of hydrogen-bond donors (Lipinski definition) is 1. The fraction of sp³-hybridized carbons (Fsp3) is 0.400. The first kappa shape index (κ1) is 12.8. The normalized spacial score (nSPS) is 11.0. The molecule has 0 aliphatic carbocycles. The zero-order valence-corrected chi connectivity index (χ0v) is 11.8. The number of hydrogen-bond acceptors (Lipinski definition) is 2. The van der Waals surface area contributed by atoms with E-state index in [1.54, 1.807) is 0 Å². The van der Waals surface area contributed by atoms with E-state index < -0.39 is 0 Å². The summed E-state index contributed by atoms with van der Waals surface area (Å²) in [5.41, 5.74) is 14.3. The lowest BCUT2D eigenvalue weighted by atomic mass is 9.95. The van der Waals surface area contributed by atoms with E-state index in [4.69, 9.17) is 5.73 Å². The van der Waals surface area contributed by atoms with Crippen molar-refractivity contribution < 1.29 is 0 Å². The molecule has 96 valence electrons. The van der Waals surface area contributed by atoms with Crippen LogP contribution in [0, 0.1) is 27.7 Å². The van der Waals surface area contributed by atoms with Crippen molar-refractivity contribution in [2.24, 2.45) is 12.8 Å². The van der Waals surface area contributed by atoms with Gasteiger partial charge in [0.2, 0.25) is 0 Å². The number of nitrogens with zero attached hydrogens (tertiary/aromatic N) is 2. The minimum atomic E-state index is 0.490. The molecule has 2 rings (SSSR count). The van der Waals surface area contributed by atoms with Gasteiger partial charge in [-0.15, -0.1) is 0 Å². The number of aryl methyl sites for hydroxylation is 4. The van der Waals surface area contributed by atoms with Crippen LogP contribution in [0.5, 0.6) is 0 Å². The molecule has 0 saturated heterocycles. The van der Waals surface area contributed by atoms with Gasteiger partial charge in [0.05, 0.1) is 11.4 Å². The number of aromatic nitrogens is 2. The Morgan fingerprint density at radius 3 is 2.11 bits per heavy atom. The Balaban J connectivity index is 2.73. The van der Waals surface area contributed by atoms with Gasteiger partial charge in [0, 0.05) is 19.2 Å². The lowest BCUT2D eigenvalue weighted by Crippen LogP contribution is -2.00. The summed E-state index contributed by atoms with van der Waals surface area (Å²) in [4.78, 5) is 0. The minimum Gasteiger partial charge on any atom is -0.325 e. The fourth-order valence-corrected chi connectivity index (χ4v) is 2.78. The highest BCUT2D eigenvalue weighted by Crippen LogP contribution is 2.31. The van der Waals surface area contributed by atoms with Gasteiger partial charge in [-0.1, -0.05) is 17.7 Å². The molecule has 0 spiro atoms. The Morgan fingerprint density at radius 1 is 1.11 bits per heavy atom. The van der Waals surface area contributed by atoms with E-state index in [-0.39, 0.29) is 0 Å². The highest BCUT2D eigenvalue weighted by atomic mass is 15.3. The first-order chi connectivity index (χ1) is 8.45. The molecule has 0 unspecified atom stereocenters. The van der Waals surface area contributed by atoms with Crippen LogP contribution in [0.2, 0.25) is 0 Å². The Bertz CT molecular complexity index is 571. The third-order valence-corrected chi connectivity index (χ3v) is 3.49. The molecule has 0 aliphatic rings. The van der Waals surface area contributed by atoms with Gasteiger partial charge >= 0.3 is 0 Å². The molecule has 0 radical (unpaired) electrons. The van der Waals surface area contributed by atoms with E-state index in [2.05, 4.69) is 44.9 Å². The molecule has 0 saturated carbocycles. The predicted molar refractivity (Wildman–Crippen MR) is 75.5 cm³/mol. The van der Waals surface area contributed by atoms with Crippen LogP contribution in [-0.4, -0.2) is 9.78 Å². The smallest absolute Gasteiger partial charge is 0.0795 e. The van der Waals surface area contributed by atoms with Gasteiger partial charge in [-0.2, -0.15) is 5.10 Å². The SMILES string of the molecule is Cc1cc(C)c(-c2c(C)c(CN)nn2C)c(C)c1. The minimum absolute atomic E-state index is 0.490. The molecular formula is C15H21N3. The molecule has 18 heavy (non-hydrogen) atoms. The van der Waals surface area contributed by atoms with Crippen molar-refractivity contribution in [2.45, 2.75) is 34.2 Å². The van der Waals surface area contributed by atoms with Gasteiger partial charge in [0.1, 0.15) is 0 Å². The van der Waals surface area contributed by atoms with E-state index in [1.165, 1.54) is 33.5 Å². The number of benzene rings is 1. The average molecular weight is 243 g/mol. The Morgan fingerprint density at radius 2 is 1.67 bits per heavy atom. The van der Waals surface area contributed by atoms with Gasteiger partial charge in [0.15, 0.2) is 0 Å². The summed E-state index contributed by atoms with van der Waals surface area (Å²) in [7, 11) is 1.99. The number of rotatable bonds is 2. The summed E-state index contributed by atoms with van der Waals surface area (Å²) in [6.45, 7) is 9.03. The largest absolute Gasteiger partial charge is 0.325 e. The molecule has 1 aromatic carbocycles. The highest BCUT2D eigenvalue weighted by molar-refractivity contribution is 5.71.